The Morgan fingerprint density at radius 3 is 2.79 bits per heavy atom. The van der Waals surface area contributed by atoms with Crippen LogP contribution < -0.4 is 5.56 Å². The Morgan fingerprint density at radius 2 is 2.14 bits per heavy atom. The van der Waals surface area contributed by atoms with Crippen molar-refractivity contribution in [3.8, 4) is 0 Å². The lowest BCUT2D eigenvalue weighted by molar-refractivity contribution is 0.947. The number of aromatic amines is 1. The third-order valence-corrected chi connectivity index (χ3v) is 2.72. The molecule has 0 aliphatic carbocycles. The van der Waals surface area contributed by atoms with Gasteiger partial charge in [0.05, 0.1) is 0 Å². The maximum absolute atomic E-state index is 11.6. The minimum atomic E-state index is 0.000509. The van der Waals surface area contributed by atoms with E-state index in [1.165, 1.54) is 0 Å². The maximum Gasteiger partial charge on any atom is 0.272 e. The van der Waals surface area contributed by atoms with Crippen LogP contribution in [0, 0.1) is 13.8 Å². The van der Waals surface area contributed by atoms with Crippen molar-refractivity contribution in [1.29, 1.82) is 0 Å². The van der Waals surface area contributed by atoms with Crippen LogP contribution in [0.3, 0.4) is 0 Å². The molecule has 0 aromatic carbocycles. The standard InChI is InChI=1S/C11H14N2O/c1-4-9-6-13-8(3)7(2)5-10(13)11(14)12-9/h5-6H,4H2,1-3H3,(H,12,14). The van der Waals surface area contributed by atoms with E-state index >= 15 is 0 Å². The minimum absolute atomic E-state index is 0.000509. The predicted molar refractivity (Wildman–Crippen MR) is 56.9 cm³/mol. The van der Waals surface area contributed by atoms with Gasteiger partial charge in [-0.15, -0.1) is 0 Å². The number of aromatic nitrogens is 2. The van der Waals surface area contributed by atoms with E-state index in [1.807, 2.05) is 37.4 Å². The molecule has 0 unspecified atom stereocenters. The van der Waals surface area contributed by atoms with Gasteiger partial charge in [-0.2, -0.15) is 0 Å². The molecule has 2 aromatic rings. The van der Waals surface area contributed by atoms with Crippen molar-refractivity contribution < 1.29 is 0 Å². The Kier molecular flexibility index (Phi) is 1.95. The van der Waals surface area contributed by atoms with Crippen LogP contribution in [0.25, 0.3) is 5.52 Å². The van der Waals surface area contributed by atoms with E-state index in [4.69, 9.17) is 0 Å². The Bertz CT molecular complexity index is 534. The molecule has 74 valence electrons. The topological polar surface area (TPSA) is 37.3 Å². The molecule has 0 atom stereocenters. The summed E-state index contributed by atoms with van der Waals surface area (Å²) in [6.07, 6.45) is 2.85. The summed E-state index contributed by atoms with van der Waals surface area (Å²) in [5, 5.41) is 0. The van der Waals surface area contributed by atoms with Gasteiger partial charge in [-0.1, -0.05) is 6.92 Å². The summed E-state index contributed by atoms with van der Waals surface area (Å²) >= 11 is 0. The molecule has 2 rings (SSSR count). The van der Waals surface area contributed by atoms with Gasteiger partial charge in [-0.25, -0.2) is 0 Å². The molecule has 3 nitrogen and oxygen atoms in total. The van der Waals surface area contributed by atoms with Crippen molar-refractivity contribution in [3.05, 3.63) is 39.6 Å². The molecule has 2 aromatic heterocycles. The molecule has 3 heteroatoms. The molecular formula is C11H14N2O. The highest BCUT2D eigenvalue weighted by atomic mass is 16.1. The first-order valence-corrected chi connectivity index (χ1v) is 4.84. The molecule has 2 heterocycles. The van der Waals surface area contributed by atoms with E-state index in [2.05, 4.69) is 4.98 Å². The summed E-state index contributed by atoms with van der Waals surface area (Å²) in [5.74, 6) is 0. The Hall–Kier alpha value is -1.51. The Balaban J connectivity index is 2.91. The van der Waals surface area contributed by atoms with Crippen molar-refractivity contribution in [3.63, 3.8) is 0 Å². The van der Waals surface area contributed by atoms with E-state index in [-0.39, 0.29) is 5.56 Å². The zero-order chi connectivity index (χ0) is 10.3. The van der Waals surface area contributed by atoms with Crippen LogP contribution in [-0.2, 0) is 6.42 Å². The normalized spacial score (nSPS) is 11.1. The number of fused-ring (bicyclic) bond motifs is 1. The van der Waals surface area contributed by atoms with Crippen molar-refractivity contribution in [2.45, 2.75) is 27.2 Å². The summed E-state index contributed by atoms with van der Waals surface area (Å²) in [4.78, 5) is 14.5. The highest BCUT2D eigenvalue weighted by Gasteiger charge is 2.06. The second-order valence-electron chi connectivity index (χ2n) is 3.63. The Labute approximate surface area is 82.4 Å². The number of rotatable bonds is 1. The van der Waals surface area contributed by atoms with E-state index in [0.717, 1.165) is 28.9 Å². The third kappa shape index (κ3) is 1.16. The van der Waals surface area contributed by atoms with Crippen LogP contribution in [0.2, 0.25) is 0 Å². The zero-order valence-corrected chi connectivity index (χ0v) is 8.72. The highest BCUT2D eigenvalue weighted by Crippen LogP contribution is 2.11. The first kappa shape index (κ1) is 9.06. The van der Waals surface area contributed by atoms with Crippen molar-refractivity contribution in [1.82, 2.24) is 9.38 Å². The number of H-pyrrole nitrogens is 1. The van der Waals surface area contributed by atoms with Gasteiger partial charge in [0, 0.05) is 17.6 Å². The van der Waals surface area contributed by atoms with Crippen LogP contribution >= 0.6 is 0 Å². The number of aryl methyl sites for hydroxylation is 3. The summed E-state index contributed by atoms with van der Waals surface area (Å²) in [5.41, 5.74) is 4.00. The molecule has 0 saturated carbocycles. The molecule has 0 spiro atoms. The lowest BCUT2D eigenvalue weighted by Crippen LogP contribution is -2.12. The quantitative estimate of drug-likeness (QED) is 0.731. The summed E-state index contributed by atoms with van der Waals surface area (Å²) in [7, 11) is 0. The average molecular weight is 190 g/mol. The maximum atomic E-state index is 11.6. The molecule has 14 heavy (non-hydrogen) atoms. The van der Waals surface area contributed by atoms with Gasteiger partial charge in [0.25, 0.3) is 5.56 Å². The van der Waals surface area contributed by atoms with E-state index in [9.17, 15) is 4.79 Å². The van der Waals surface area contributed by atoms with Crippen molar-refractivity contribution >= 4 is 5.52 Å². The zero-order valence-electron chi connectivity index (χ0n) is 8.72. The molecule has 0 saturated heterocycles. The second-order valence-corrected chi connectivity index (χ2v) is 3.63. The molecule has 0 aliphatic heterocycles. The van der Waals surface area contributed by atoms with Crippen LogP contribution in [0.5, 0.6) is 0 Å². The smallest absolute Gasteiger partial charge is 0.272 e. The molecule has 0 amide bonds. The third-order valence-electron chi connectivity index (χ3n) is 2.72. The van der Waals surface area contributed by atoms with Gasteiger partial charge >= 0.3 is 0 Å². The monoisotopic (exact) mass is 190 g/mol. The van der Waals surface area contributed by atoms with Crippen molar-refractivity contribution in [2.24, 2.45) is 0 Å². The van der Waals surface area contributed by atoms with E-state index in [0.29, 0.717) is 0 Å². The van der Waals surface area contributed by atoms with Crippen molar-refractivity contribution in [2.75, 3.05) is 0 Å². The lowest BCUT2D eigenvalue weighted by Gasteiger charge is -2.01. The summed E-state index contributed by atoms with van der Waals surface area (Å²) in [6, 6.07) is 1.92. The molecule has 0 aliphatic rings. The first-order chi connectivity index (χ1) is 6.63. The average Bonchev–Trinajstić information content (AvgIpc) is 2.45. The van der Waals surface area contributed by atoms with Gasteiger partial charge in [-0.05, 0) is 31.9 Å². The Morgan fingerprint density at radius 1 is 1.43 bits per heavy atom. The van der Waals surface area contributed by atoms with Crippen LogP contribution in [0.1, 0.15) is 23.9 Å². The fourth-order valence-electron chi connectivity index (χ4n) is 1.67. The fourth-order valence-corrected chi connectivity index (χ4v) is 1.67. The first-order valence-electron chi connectivity index (χ1n) is 4.84. The van der Waals surface area contributed by atoms with Gasteiger partial charge < -0.3 is 9.38 Å². The number of hydrogen-bond acceptors (Lipinski definition) is 1. The number of nitrogens with one attached hydrogen (secondary N) is 1. The summed E-state index contributed by atoms with van der Waals surface area (Å²) in [6.45, 7) is 6.08. The molecular weight excluding hydrogens is 176 g/mol. The van der Waals surface area contributed by atoms with Gasteiger partial charge in [0.2, 0.25) is 0 Å². The van der Waals surface area contributed by atoms with Gasteiger partial charge in [0.1, 0.15) is 5.52 Å². The molecule has 0 fully saturated rings. The summed E-state index contributed by atoms with van der Waals surface area (Å²) < 4.78 is 1.97. The van der Waals surface area contributed by atoms with E-state index in [1.54, 1.807) is 0 Å². The minimum Gasteiger partial charge on any atom is -0.323 e. The van der Waals surface area contributed by atoms with Crippen LogP contribution in [-0.4, -0.2) is 9.38 Å². The van der Waals surface area contributed by atoms with Gasteiger partial charge in [0.15, 0.2) is 0 Å². The molecule has 0 bridgehead atoms. The largest absolute Gasteiger partial charge is 0.323 e. The van der Waals surface area contributed by atoms with Gasteiger partial charge in [-0.3, -0.25) is 4.79 Å². The highest BCUT2D eigenvalue weighted by molar-refractivity contribution is 5.51. The van der Waals surface area contributed by atoms with E-state index < -0.39 is 0 Å². The molecule has 1 N–H and O–H groups in total. The SMILES string of the molecule is CCc1cn2c(C)c(C)cc2c(=O)[nH]1. The van der Waals surface area contributed by atoms with Crippen LogP contribution in [0.4, 0.5) is 0 Å². The number of nitrogens with zero attached hydrogens (tertiary/aromatic N) is 1. The number of hydrogen-bond donors (Lipinski definition) is 1. The second kappa shape index (κ2) is 3.01. The van der Waals surface area contributed by atoms with Crippen LogP contribution in [0.15, 0.2) is 17.1 Å². The lowest BCUT2D eigenvalue weighted by atomic mass is 10.3. The predicted octanol–water partition coefficient (Wildman–Crippen LogP) is 1.81. The molecule has 0 radical (unpaired) electrons. The fraction of sp³-hybridized carbons (Fsp3) is 0.364.